The van der Waals surface area contributed by atoms with Crippen LogP contribution in [0.5, 0.6) is 0 Å². The van der Waals surface area contributed by atoms with E-state index in [4.69, 9.17) is 9.90 Å². The minimum absolute atomic E-state index is 1.89. The van der Waals surface area contributed by atoms with Gasteiger partial charge in [-0.3, -0.25) is 0 Å². The van der Waals surface area contributed by atoms with Gasteiger partial charge in [0.25, 0.3) is 0 Å². The molecule has 0 rings (SSSR count). The lowest BCUT2D eigenvalue weighted by molar-refractivity contribution is -0.308. The summed E-state index contributed by atoms with van der Waals surface area (Å²) in [6, 6.07) is 0. The van der Waals surface area contributed by atoms with Crippen molar-refractivity contribution >= 4 is 17.6 Å². The fraction of sp³-hybridized carbons (Fsp3) is 0.500. The lowest BCUT2D eigenvalue weighted by atomic mass is 10.8. The van der Waals surface area contributed by atoms with Gasteiger partial charge in [-0.1, -0.05) is 11.6 Å². The molecule has 1 atom stereocenters. The number of hydrogen-bond donors (Lipinski definition) is 0. The molecule has 2 nitrogen and oxygen atoms in total. The Bertz CT molecular complexity index is 62.6. The van der Waals surface area contributed by atoms with Crippen molar-refractivity contribution in [3.8, 4) is 0 Å². The molecule has 0 saturated heterocycles. The number of rotatable bonds is 1. The standard InChI is InChI=1S/C2H2ClFO2/c3-1(4)2(5)6/h1H,(H,5,6)/p-1. The number of alkyl halides is 2. The first-order valence-electron chi connectivity index (χ1n) is 1.13. The summed E-state index contributed by atoms with van der Waals surface area (Å²) >= 11 is 4.28. The molecule has 1 unspecified atom stereocenters. The van der Waals surface area contributed by atoms with E-state index in [1.54, 1.807) is 0 Å². The highest BCUT2D eigenvalue weighted by Gasteiger charge is 1.96. The maximum absolute atomic E-state index is 10.9. The maximum Gasteiger partial charge on any atom is 0.212 e. The van der Waals surface area contributed by atoms with Gasteiger partial charge in [0, 0.05) is 0 Å². The topological polar surface area (TPSA) is 40.1 Å². The average molecular weight is 111 g/mol. The molecular formula is C2HClFO2-. The molecule has 4 heteroatoms. The van der Waals surface area contributed by atoms with Crippen molar-refractivity contribution in [2.45, 2.75) is 5.63 Å². The number of carbonyl (C=O) groups is 1. The number of carboxylic acid groups (broad SMARTS) is 1. The van der Waals surface area contributed by atoms with E-state index in [1.165, 1.54) is 0 Å². The van der Waals surface area contributed by atoms with Gasteiger partial charge < -0.3 is 9.90 Å². The lowest BCUT2D eigenvalue weighted by Gasteiger charge is -1.94. The zero-order chi connectivity index (χ0) is 5.15. The molecule has 0 fully saturated rings. The summed E-state index contributed by atoms with van der Waals surface area (Å²) in [4.78, 5) is 9.08. The zero-order valence-corrected chi connectivity index (χ0v) is 3.41. The highest BCUT2D eigenvalue weighted by Crippen LogP contribution is 1.91. The molecule has 0 heterocycles. The van der Waals surface area contributed by atoms with Crippen LogP contribution in [0.25, 0.3) is 0 Å². The second-order valence-corrected chi connectivity index (χ2v) is 1.00. The van der Waals surface area contributed by atoms with Crippen LogP contribution in [-0.4, -0.2) is 11.6 Å². The van der Waals surface area contributed by atoms with E-state index in [-0.39, 0.29) is 0 Å². The molecule has 0 N–H and O–H groups in total. The molecule has 0 aromatic carbocycles. The second-order valence-electron chi connectivity index (χ2n) is 0.620. The van der Waals surface area contributed by atoms with E-state index in [1.807, 2.05) is 0 Å². The number of hydrogen-bond acceptors (Lipinski definition) is 2. The van der Waals surface area contributed by atoms with Crippen molar-refractivity contribution in [3.05, 3.63) is 0 Å². The molecule has 36 valence electrons. The highest BCUT2D eigenvalue weighted by molar-refractivity contribution is 6.27. The average Bonchev–Trinajstić information content (AvgIpc) is 1.36. The number of aliphatic carboxylic acids is 1. The van der Waals surface area contributed by atoms with E-state index >= 15 is 0 Å². The lowest BCUT2D eigenvalue weighted by Crippen LogP contribution is -2.28. The molecule has 0 aliphatic heterocycles. The van der Waals surface area contributed by atoms with Gasteiger partial charge in [-0.05, 0) is 0 Å². The summed E-state index contributed by atoms with van der Waals surface area (Å²) in [5.74, 6) is -1.89. The molecule has 0 aliphatic rings. The smallest absolute Gasteiger partial charge is 0.212 e. The SMILES string of the molecule is O=C([O-])C(F)Cl. The Hall–Kier alpha value is -0.310. The first-order valence-corrected chi connectivity index (χ1v) is 1.57. The fourth-order valence-electron chi connectivity index (χ4n) is 0. The predicted molar refractivity (Wildman–Crippen MR) is 15.8 cm³/mol. The van der Waals surface area contributed by atoms with E-state index in [9.17, 15) is 4.39 Å². The van der Waals surface area contributed by atoms with Gasteiger partial charge in [0.05, 0.1) is 5.97 Å². The van der Waals surface area contributed by atoms with Crippen LogP contribution in [0.15, 0.2) is 0 Å². The van der Waals surface area contributed by atoms with Gasteiger partial charge in [0.2, 0.25) is 5.63 Å². The molecule has 0 aromatic heterocycles. The van der Waals surface area contributed by atoms with Crippen LogP contribution in [-0.2, 0) is 4.79 Å². The summed E-state index contributed by atoms with van der Waals surface area (Å²) in [6.07, 6.45) is 0. The van der Waals surface area contributed by atoms with Crippen molar-refractivity contribution in [3.63, 3.8) is 0 Å². The number of carbonyl (C=O) groups excluding carboxylic acids is 1. The molecule has 0 spiro atoms. The van der Waals surface area contributed by atoms with Crippen molar-refractivity contribution in [2.75, 3.05) is 0 Å². The van der Waals surface area contributed by atoms with E-state index in [0.717, 1.165) is 0 Å². The van der Waals surface area contributed by atoms with Crippen LogP contribution >= 0.6 is 11.6 Å². The molecule has 0 amide bonds. The minimum Gasteiger partial charge on any atom is -0.546 e. The quantitative estimate of drug-likeness (QED) is 0.419. The minimum atomic E-state index is -2.37. The summed E-state index contributed by atoms with van der Waals surface area (Å²) in [6.45, 7) is 0. The first-order chi connectivity index (χ1) is 2.64. The van der Waals surface area contributed by atoms with Crippen molar-refractivity contribution in [1.29, 1.82) is 0 Å². The van der Waals surface area contributed by atoms with Gasteiger partial charge in [0.1, 0.15) is 0 Å². The predicted octanol–water partition coefficient (Wildman–Crippen LogP) is -0.729. The third kappa shape index (κ3) is 1.96. The van der Waals surface area contributed by atoms with Crippen LogP contribution < -0.4 is 5.11 Å². The summed E-state index contributed by atoms with van der Waals surface area (Å²) in [5, 5.41) is 9.08. The van der Waals surface area contributed by atoms with E-state index in [0.29, 0.717) is 0 Å². The molecule has 0 aromatic rings. The summed E-state index contributed by atoms with van der Waals surface area (Å²) in [7, 11) is 0. The Morgan fingerprint density at radius 1 is 2.00 bits per heavy atom. The Balaban J connectivity index is 3.26. The van der Waals surface area contributed by atoms with Crippen LogP contribution in [0.4, 0.5) is 4.39 Å². The normalized spacial score (nSPS) is 13.7. The van der Waals surface area contributed by atoms with E-state index in [2.05, 4.69) is 11.6 Å². The van der Waals surface area contributed by atoms with E-state index < -0.39 is 11.6 Å². The monoisotopic (exact) mass is 111 g/mol. The van der Waals surface area contributed by atoms with Gasteiger partial charge in [-0.2, -0.15) is 0 Å². The number of carboxylic acids is 1. The van der Waals surface area contributed by atoms with Crippen LogP contribution in [0.1, 0.15) is 0 Å². The van der Waals surface area contributed by atoms with Gasteiger partial charge in [-0.25, -0.2) is 4.39 Å². The molecule has 6 heavy (non-hydrogen) atoms. The molecular weight excluding hydrogens is 110 g/mol. The Morgan fingerprint density at radius 2 is 2.17 bits per heavy atom. The largest absolute Gasteiger partial charge is 0.546 e. The zero-order valence-electron chi connectivity index (χ0n) is 2.65. The Kier molecular flexibility index (Phi) is 1.87. The molecule has 0 radical (unpaired) electrons. The van der Waals surface area contributed by atoms with Gasteiger partial charge in [0.15, 0.2) is 0 Å². The van der Waals surface area contributed by atoms with Crippen molar-refractivity contribution in [2.24, 2.45) is 0 Å². The van der Waals surface area contributed by atoms with Crippen molar-refractivity contribution < 1.29 is 14.3 Å². The van der Waals surface area contributed by atoms with Crippen LogP contribution in [0, 0.1) is 0 Å². The summed E-state index contributed by atoms with van der Waals surface area (Å²) < 4.78 is 10.9. The maximum atomic E-state index is 10.9. The van der Waals surface area contributed by atoms with Crippen LogP contribution in [0.3, 0.4) is 0 Å². The van der Waals surface area contributed by atoms with Gasteiger partial charge in [-0.15, -0.1) is 0 Å². The fourth-order valence-corrected chi connectivity index (χ4v) is 0. The number of halogens is 2. The van der Waals surface area contributed by atoms with Crippen molar-refractivity contribution in [1.82, 2.24) is 0 Å². The second kappa shape index (κ2) is 1.97. The Labute approximate surface area is 38.5 Å². The third-order valence-electron chi connectivity index (χ3n) is 0.178. The highest BCUT2D eigenvalue weighted by atomic mass is 35.5. The summed E-state index contributed by atoms with van der Waals surface area (Å²) in [5.41, 5.74) is -2.37. The molecule has 0 aliphatic carbocycles. The Morgan fingerprint density at radius 3 is 2.17 bits per heavy atom. The third-order valence-corrected chi connectivity index (χ3v) is 0.356. The van der Waals surface area contributed by atoms with Crippen LogP contribution in [0.2, 0.25) is 0 Å². The first kappa shape index (κ1) is 5.69. The molecule has 0 saturated carbocycles. The molecule has 0 bridgehead atoms. The van der Waals surface area contributed by atoms with Gasteiger partial charge >= 0.3 is 0 Å².